The number of rotatable bonds is 2. The highest BCUT2D eigenvalue weighted by Crippen LogP contribution is 2.37. The average molecular weight is 248 g/mol. The van der Waals surface area contributed by atoms with Gasteiger partial charge in [-0.3, -0.25) is 0 Å². The van der Waals surface area contributed by atoms with Crippen molar-refractivity contribution < 1.29 is 8.81 Å². The molecule has 2 atom stereocenters. The molecule has 1 heterocycles. The number of halogens is 1. The lowest BCUT2D eigenvalue weighted by Gasteiger charge is -2.27. The first kappa shape index (κ1) is 11.7. The van der Waals surface area contributed by atoms with Crippen LogP contribution in [0.25, 0.3) is 11.1 Å². The molecule has 18 heavy (non-hydrogen) atoms. The summed E-state index contributed by atoms with van der Waals surface area (Å²) < 4.78 is 18.8. The van der Waals surface area contributed by atoms with Crippen LogP contribution in [-0.2, 0) is 0 Å². The zero-order valence-corrected chi connectivity index (χ0v) is 10.2. The Kier molecular flexibility index (Phi) is 3.04. The predicted octanol–water partition coefficient (Wildman–Crippen LogP) is 3.20. The van der Waals surface area contributed by atoms with E-state index < -0.39 is 0 Å². The quantitative estimate of drug-likeness (QED) is 0.887. The molecule has 0 bridgehead atoms. The molecule has 96 valence electrons. The van der Waals surface area contributed by atoms with E-state index in [1.807, 2.05) is 0 Å². The zero-order valence-electron chi connectivity index (χ0n) is 10.2. The van der Waals surface area contributed by atoms with Crippen LogP contribution in [0.15, 0.2) is 22.6 Å². The number of fused-ring (bicyclic) bond motifs is 1. The molecule has 0 spiro atoms. The molecule has 2 N–H and O–H groups in total. The van der Waals surface area contributed by atoms with Crippen LogP contribution in [0, 0.1) is 11.7 Å². The van der Waals surface area contributed by atoms with Gasteiger partial charge in [0, 0.05) is 12.0 Å². The van der Waals surface area contributed by atoms with Gasteiger partial charge in [0.05, 0.1) is 0 Å². The van der Waals surface area contributed by atoms with Crippen LogP contribution >= 0.6 is 0 Å². The number of aromatic nitrogens is 1. The Morgan fingerprint density at radius 1 is 1.33 bits per heavy atom. The maximum atomic E-state index is 13.1. The van der Waals surface area contributed by atoms with E-state index in [1.54, 1.807) is 6.07 Å². The highest BCUT2D eigenvalue weighted by Gasteiger charge is 2.29. The lowest BCUT2D eigenvalue weighted by molar-refractivity contribution is 0.275. The molecule has 0 radical (unpaired) electrons. The van der Waals surface area contributed by atoms with E-state index in [0.717, 1.165) is 24.2 Å². The average Bonchev–Trinajstić information content (AvgIpc) is 2.81. The van der Waals surface area contributed by atoms with Gasteiger partial charge in [0.15, 0.2) is 11.5 Å². The fourth-order valence-electron chi connectivity index (χ4n) is 2.89. The number of oxazole rings is 1. The summed E-state index contributed by atoms with van der Waals surface area (Å²) in [6.07, 6.45) is 4.62. The summed E-state index contributed by atoms with van der Waals surface area (Å²) in [7, 11) is 0. The van der Waals surface area contributed by atoms with E-state index in [2.05, 4.69) is 4.98 Å². The monoisotopic (exact) mass is 248 g/mol. The van der Waals surface area contributed by atoms with Gasteiger partial charge in [0.2, 0.25) is 0 Å². The van der Waals surface area contributed by atoms with E-state index in [9.17, 15) is 4.39 Å². The second kappa shape index (κ2) is 4.69. The third-order valence-corrected chi connectivity index (χ3v) is 3.90. The minimum absolute atomic E-state index is 0.288. The number of nitrogens with zero attached hydrogens (tertiary/aromatic N) is 1. The number of nitrogens with two attached hydrogens (primary N) is 1. The van der Waals surface area contributed by atoms with Gasteiger partial charge < -0.3 is 10.2 Å². The summed E-state index contributed by atoms with van der Waals surface area (Å²) in [5.74, 6) is 1.17. The van der Waals surface area contributed by atoms with Crippen molar-refractivity contribution in [2.24, 2.45) is 11.7 Å². The first-order valence-electron chi connectivity index (χ1n) is 6.54. The molecule has 3 nitrogen and oxygen atoms in total. The summed E-state index contributed by atoms with van der Waals surface area (Å²) in [6, 6.07) is 4.47. The molecule has 1 aromatic heterocycles. The molecular formula is C14H17FN2O. The number of hydrogen-bond donors (Lipinski definition) is 1. The van der Waals surface area contributed by atoms with Crippen LogP contribution < -0.4 is 5.73 Å². The van der Waals surface area contributed by atoms with E-state index in [1.165, 1.54) is 25.0 Å². The van der Waals surface area contributed by atoms with Crippen molar-refractivity contribution in [2.45, 2.75) is 31.6 Å². The van der Waals surface area contributed by atoms with Gasteiger partial charge in [-0.05, 0) is 37.4 Å². The second-order valence-electron chi connectivity index (χ2n) is 5.05. The van der Waals surface area contributed by atoms with E-state index in [4.69, 9.17) is 10.2 Å². The van der Waals surface area contributed by atoms with Crippen LogP contribution in [-0.4, -0.2) is 11.5 Å². The molecule has 2 unspecified atom stereocenters. The molecule has 2 aromatic rings. The summed E-state index contributed by atoms with van der Waals surface area (Å²) >= 11 is 0. The Labute approximate surface area is 105 Å². The van der Waals surface area contributed by atoms with Gasteiger partial charge >= 0.3 is 0 Å². The molecule has 1 fully saturated rings. The van der Waals surface area contributed by atoms with E-state index >= 15 is 0 Å². The predicted molar refractivity (Wildman–Crippen MR) is 67.7 cm³/mol. The Morgan fingerprint density at radius 2 is 2.17 bits per heavy atom. The van der Waals surface area contributed by atoms with Gasteiger partial charge in [-0.15, -0.1) is 0 Å². The van der Waals surface area contributed by atoms with Gasteiger partial charge in [0.1, 0.15) is 11.3 Å². The van der Waals surface area contributed by atoms with Crippen LogP contribution in [0.4, 0.5) is 4.39 Å². The smallest absolute Gasteiger partial charge is 0.198 e. The van der Waals surface area contributed by atoms with Crippen molar-refractivity contribution in [3.05, 3.63) is 29.9 Å². The van der Waals surface area contributed by atoms with Crippen molar-refractivity contribution >= 4 is 11.1 Å². The van der Waals surface area contributed by atoms with Crippen molar-refractivity contribution in [1.29, 1.82) is 0 Å². The zero-order chi connectivity index (χ0) is 12.5. The standard InChI is InChI=1S/C14H17FN2O/c15-10-5-6-12-13(7-10)18-14(17-12)11-4-2-1-3-9(11)8-16/h5-7,9,11H,1-4,8,16H2. The molecule has 0 saturated heterocycles. The Bertz CT molecular complexity index is 552. The minimum Gasteiger partial charge on any atom is -0.440 e. The lowest BCUT2D eigenvalue weighted by atomic mass is 9.79. The fraction of sp³-hybridized carbons (Fsp3) is 0.500. The van der Waals surface area contributed by atoms with Crippen LogP contribution in [0.2, 0.25) is 0 Å². The van der Waals surface area contributed by atoms with Crippen LogP contribution in [0.5, 0.6) is 0 Å². The topological polar surface area (TPSA) is 52.0 Å². The molecular weight excluding hydrogens is 231 g/mol. The summed E-state index contributed by atoms with van der Waals surface area (Å²) in [6.45, 7) is 0.664. The van der Waals surface area contributed by atoms with E-state index in [-0.39, 0.29) is 5.82 Å². The summed E-state index contributed by atoms with van der Waals surface area (Å²) in [5, 5.41) is 0. The van der Waals surface area contributed by atoms with Gasteiger partial charge in [-0.1, -0.05) is 12.8 Å². The van der Waals surface area contributed by atoms with E-state index in [0.29, 0.717) is 24.0 Å². The lowest BCUT2D eigenvalue weighted by Crippen LogP contribution is -2.25. The SMILES string of the molecule is NCC1CCCCC1c1nc2ccc(F)cc2o1. The summed E-state index contributed by atoms with van der Waals surface area (Å²) in [5.41, 5.74) is 7.08. The number of hydrogen-bond acceptors (Lipinski definition) is 3. The van der Waals surface area contributed by atoms with Crippen molar-refractivity contribution in [3.63, 3.8) is 0 Å². The molecule has 1 aromatic carbocycles. The third-order valence-electron chi connectivity index (χ3n) is 3.90. The van der Waals surface area contributed by atoms with Crippen LogP contribution in [0.1, 0.15) is 37.5 Å². The van der Waals surface area contributed by atoms with Crippen molar-refractivity contribution in [3.8, 4) is 0 Å². The first-order chi connectivity index (χ1) is 8.78. The molecule has 3 rings (SSSR count). The van der Waals surface area contributed by atoms with Crippen LogP contribution in [0.3, 0.4) is 0 Å². The van der Waals surface area contributed by atoms with Crippen molar-refractivity contribution in [1.82, 2.24) is 4.98 Å². The Balaban J connectivity index is 1.97. The molecule has 1 aliphatic carbocycles. The highest BCUT2D eigenvalue weighted by molar-refractivity contribution is 5.72. The maximum Gasteiger partial charge on any atom is 0.198 e. The Morgan fingerprint density at radius 3 is 3.00 bits per heavy atom. The molecule has 4 heteroatoms. The highest BCUT2D eigenvalue weighted by atomic mass is 19.1. The van der Waals surface area contributed by atoms with Gasteiger partial charge in [-0.25, -0.2) is 9.37 Å². The third kappa shape index (κ3) is 2.01. The van der Waals surface area contributed by atoms with Crippen molar-refractivity contribution in [2.75, 3.05) is 6.54 Å². The summed E-state index contributed by atoms with van der Waals surface area (Å²) in [4.78, 5) is 4.49. The normalized spacial score (nSPS) is 24.6. The largest absolute Gasteiger partial charge is 0.440 e. The maximum absolute atomic E-state index is 13.1. The van der Waals surface area contributed by atoms with Gasteiger partial charge in [-0.2, -0.15) is 0 Å². The molecule has 0 aliphatic heterocycles. The molecule has 1 saturated carbocycles. The first-order valence-corrected chi connectivity index (χ1v) is 6.54. The molecule has 0 amide bonds. The Hall–Kier alpha value is -1.42. The van der Waals surface area contributed by atoms with Gasteiger partial charge in [0.25, 0.3) is 0 Å². The number of benzene rings is 1. The fourth-order valence-corrected chi connectivity index (χ4v) is 2.89. The minimum atomic E-state index is -0.288. The second-order valence-corrected chi connectivity index (χ2v) is 5.05. The molecule has 1 aliphatic rings.